The van der Waals surface area contributed by atoms with Crippen LogP contribution in [-0.4, -0.2) is 27.7 Å². The van der Waals surface area contributed by atoms with Gasteiger partial charge in [0.15, 0.2) is 0 Å². The second kappa shape index (κ2) is 5.34. The zero-order chi connectivity index (χ0) is 13.8. The SMILES string of the molecule is COc1ccc(Cn2cnc(=O)c(C(=O)O)c2)cc1. The molecule has 0 saturated carbocycles. The number of hydrogen-bond acceptors (Lipinski definition) is 4. The Kier molecular flexibility index (Phi) is 3.61. The average molecular weight is 260 g/mol. The summed E-state index contributed by atoms with van der Waals surface area (Å²) in [5, 5.41) is 8.85. The molecule has 0 amide bonds. The molecule has 0 spiro atoms. The van der Waals surface area contributed by atoms with Crippen LogP contribution in [0.2, 0.25) is 0 Å². The minimum Gasteiger partial charge on any atom is -0.497 e. The minimum atomic E-state index is -1.28. The van der Waals surface area contributed by atoms with Crippen LogP contribution in [0.3, 0.4) is 0 Å². The number of ether oxygens (including phenoxy) is 1. The van der Waals surface area contributed by atoms with Gasteiger partial charge in [-0.25, -0.2) is 4.79 Å². The van der Waals surface area contributed by atoms with Crippen molar-refractivity contribution < 1.29 is 14.6 Å². The highest BCUT2D eigenvalue weighted by Crippen LogP contribution is 2.12. The van der Waals surface area contributed by atoms with E-state index in [0.717, 1.165) is 11.3 Å². The van der Waals surface area contributed by atoms with Crippen molar-refractivity contribution >= 4 is 5.97 Å². The van der Waals surface area contributed by atoms with Crippen molar-refractivity contribution in [3.05, 3.63) is 58.3 Å². The Hall–Kier alpha value is -2.63. The van der Waals surface area contributed by atoms with Crippen LogP contribution in [0.1, 0.15) is 15.9 Å². The van der Waals surface area contributed by atoms with Gasteiger partial charge in [0.25, 0.3) is 5.56 Å². The molecule has 2 rings (SSSR count). The average Bonchev–Trinajstić information content (AvgIpc) is 2.41. The molecule has 1 aromatic carbocycles. The molecule has 19 heavy (non-hydrogen) atoms. The monoisotopic (exact) mass is 260 g/mol. The molecular formula is C13H12N2O4. The van der Waals surface area contributed by atoms with Crippen molar-refractivity contribution in [1.29, 1.82) is 0 Å². The maximum absolute atomic E-state index is 11.2. The molecule has 0 atom stereocenters. The van der Waals surface area contributed by atoms with E-state index in [1.807, 2.05) is 24.3 Å². The first kappa shape index (κ1) is 12.8. The van der Waals surface area contributed by atoms with Crippen LogP contribution < -0.4 is 10.3 Å². The molecule has 98 valence electrons. The lowest BCUT2D eigenvalue weighted by Crippen LogP contribution is -2.20. The zero-order valence-corrected chi connectivity index (χ0v) is 10.2. The predicted octanol–water partition coefficient (Wildman–Crippen LogP) is 0.998. The molecule has 0 fully saturated rings. The summed E-state index contributed by atoms with van der Waals surface area (Å²) in [6.45, 7) is 0.428. The second-order valence-corrected chi connectivity index (χ2v) is 3.92. The number of nitrogens with zero attached hydrogens (tertiary/aromatic N) is 2. The molecule has 1 heterocycles. The van der Waals surface area contributed by atoms with E-state index in [1.54, 1.807) is 11.7 Å². The molecule has 0 radical (unpaired) electrons. The summed E-state index contributed by atoms with van der Waals surface area (Å²) in [5.74, 6) is -0.533. The first-order valence-electron chi connectivity index (χ1n) is 5.52. The highest BCUT2D eigenvalue weighted by atomic mass is 16.5. The van der Waals surface area contributed by atoms with Crippen LogP contribution in [0, 0.1) is 0 Å². The molecule has 1 aromatic heterocycles. The Balaban J connectivity index is 2.25. The number of benzene rings is 1. The lowest BCUT2D eigenvalue weighted by molar-refractivity contribution is 0.0694. The van der Waals surface area contributed by atoms with Crippen LogP contribution in [0.15, 0.2) is 41.6 Å². The lowest BCUT2D eigenvalue weighted by Gasteiger charge is -2.07. The van der Waals surface area contributed by atoms with Crippen LogP contribution in [0.25, 0.3) is 0 Å². The van der Waals surface area contributed by atoms with Gasteiger partial charge in [-0.05, 0) is 17.7 Å². The molecule has 2 aromatic rings. The summed E-state index contributed by atoms with van der Waals surface area (Å²) >= 11 is 0. The molecular weight excluding hydrogens is 248 g/mol. The molecule has 6 nitrogen and oxygen atoms in total. The summed E-state index contributed by atoms with van der Waals surface area (Å²) in [6.07, 6.45) is 2.60. The fraction of sp³-hybridized carbons (Fsp3) is 0.154. The van der Waals surface area contributed by atoms with Crippen molar-refractivity contribution in [3.63, 3.8) is 0 Å². The van der Waals surface area contributed by atoms with Gasteiger partial charge >= 0.3 is 5.97 Å². The molecule has 6 heteroatoms. The summed E-state index contributed by atoms with van der Waals surface area (Å²) < 4.78 is 6.60. The molecule has 0 aliphatic heterocycles. The largest absolute Gasteiger partial charge is 0.497 e. The fourth-order valence-corrected chi connectivity index (χ4v) is 1.63. The summed E-state index contributed by atoms with van der Waals surface area (Å²) in [5.41, 5.74) is -0.128. The third kappa shape index (κ3) is 2.98. The number of aromatic nitrogens is 2. The first-order chi connectivity index (χ1) is 9.10. The van der Waals surface area contributed by atoms with Crippen LogP contribution in [0.4, 0.5) is 0 Å². The third-order valence-corrected chi connectivity index (χ3v) is 2.60. The van der Waals surface area contributed by atoms with Gasteiger partial charge in [-0.2, -0.15) is 4.98 Å². The van der Waals surface area contributed by atoms with Crippen LogP contribution in [0.5, 0.6) is 5.75 Å². The van der Waals surface area contributed by atoms with Gasteiger partial charge in [0, 0.05) is 12.7 Å². The van der Waals surface area contributed by atoms with Crippen LogP contribution in [-0.2, 0) is 6.54 Å². The number of carboxylic acids is 1. The van der Waals surface area contributed by atoms with E-state index in [-0.39, 0.29) is 5.56 Å². The number of rotatable bonds is 4. The van der Waals surface area contributed by atoms with Gasteiger partial charge in [-0.15, -0.1) is 0 Å². The topological polar surface area (TPSA) is 81.4 Å². The maximum Gasteiger partial charge on any atom is 0.342 e. The van der Waals surface area contributed by atoms with E-state index in [1.165, 1.54) is 12.5 Å². The highest BCUT2D eigenvalue weighted by molar-refractivity contribution is 5.86. The molecule has 0 unspecified atom stereocenters. The number of aromatic carboxylic acids is 1. The Morgan fingerprint density at radius 2 is 2.05 bits per heavy atom. The van der Waals surface area contributed by atoms with E-state index in [2.05, 4.69) is 4.98 Å². The first-order valence-corrected chi connectivity index (χ1v) is 5.52. The van der Waals surface area contributed by atoms with Crippen molar-refractivity contribution in [2.75, 3.05) is 7.11 Å². The lowest BCUT2D eigenvalue weighted by atomic mass is 10.2. The van der Waals surface area contributed by atoms with Crippen molar-refractivity contribution in [3.8, 4) is 5.75 Å². The van der Waals surface area contributed by atoms with Crippen molar-refractivity contribution in [2.45, 2.75) is 6.54 Å². The van der Waals surface area contributed by atoms with E-state index in [0.29, 0.717) is 6.54 Å². The number of methoxy groups -OCH3 is 1. The summed E-state index contributed by atoms with van der Waals surface area (Å²) in [4.78, 5) is 25.6. The highest BCUT2D eigenvalue weighted by Gasteiger charge is 2.09. The van der Waals surface area contributed by atoms with Crippen LogP contribution >= 0.6 is 0 Å². The Bertz CT molecular complexity index is 646. The van der Waals surface area contributed by atoms with Gasteiger partial charge in [0.05, 0.1) is 13.4 Å². The summed E-state index contributed by atoms with van der Waals surface area (Å²) in [7, 11) is 1.58. The number of hydrogen-bond donors (Lipinski definition) is 1. The Morgan fingerprint density at radius 3 is 2.63 bits per heavy atom. The Morgan fingerprint density at radius 1 is 1.37 bits per heavy atom. The van der Waals surface area contributed by atoms with Gasteiger partial charge in [-0.1, -0.05) is 12.1 Å². The number of carbonyl (C=O) groups is 1. The quantitative estimate of drug-likeness (QED) is 0.886. The standard InChI is InChI=1S/C13H12N2O4/c1-19-10-4-2-9(3-5-10)6-15-7-11(13(17)18)12(16)14-8-15/h2-5,7-8H,6H2,1H3,(H,17,18). The zero-order valence-electron chi connectivity index (χ0n) is 10.2. The van der Waals surface area contributed by atoms with Gasteiger partial charge in [0.2, 0.25) is 0 Å². The summed E-state index contributed by atoms with van der Waals surface area (Å²) in [6, 6.07) is 7.33. The van der Waals surface area contributed by atoms with E-state index < -0.39 is 11.5 Å². The second-order valence-electron chi connectivity index (χ2n) is 3.92. The smallest absolute Gasteiger partial charge is 0.342 e. The maximum atomic E-state index is 11.2. The number of carboxylic acid groups (broad SMARTS) is 1. The molecule has 0 aliphatic carbocycles. The van der Waals surface area contributed by atoms with Crippen molar-refractivity contribution in [2.24, 2.45) is 0 Å². The fourth-order valence-electron chi connectivity index (χ4n) is 1.63. The van der Waals surface area contributed by atoms with Crippen molar-refractivity contribution in [1.82, 2.24) is 9.55 Å². The third-order valence-electron chi connectivity index (χ3n) is 2.60. The normalized spacial score (nSPS) is 10.2. The van der Waals surface area contributed by atoms with Gasteiger partial charge < -0.3 is 14.4 Å². The van der Waals surface area contributed by atoms with E-state index in [4.69, 9.17) is 9.84 Å². The molecule has 0 bridgehead atoms. The predicted molar refractivity (Wildman–Crippen MR) is 67.6 cm³/mol. The van der Waals surface area contributed by atoms with E-state index in [9.17, 15) is 9.59 Å². The van der Waals surface area contributed by atoms with E-state index >= 15 is 0 Å². The Labute approximate surface area is 108 Å². The molecule has 0 saturated heterocycles. The van der Waals surface area contributed by atoms with Gasteiger partial charge in [-0.3, -0.25) is 4.79 Å². The molecule has 1 N–H and O–H groups in total. The minimum absolute atomic E-state index is 0.337. The molecule has 0 aliphatic rings. The van der Waals surface area contributed by atoms with Gasteiger partial charge in [0.1, 0.15) is 11.3 Å².